The first-order valence-electron chi connectivity index (χ1n) is 6.71. The summed E-state index contributed by atoms with van der Waals surface area (Å²) < 4.78 is 0. The number of hydrogen-bond donors (Lipinski definition) is 4. The minimum absolute atomic E-state index is 0.273. The van der Waals surface area contributed by atoms with Crippen molar-refractivity contribution in [1.29, 1.82) is 5.26 Å². The molecule has 0 radical (unpaired) electrons. The monoisotopic (exact) mass is 336 g/mol. The Kier molecular flexibility index (Phi) is 6.42. The first-order chi connectivity index (χ1) is 10.8. The van der Waals surface area contributed by atoms with Crippen molar-refractivity contribution in [3.05, 3.63) is 35.0 Å². The van der Waals surface area contributed by atoms with Crippen molar-refractivity contribution in [2.24, 2.45) is 5.92 Å². The Morgan fingerprint density at radius 3 is 2.57 bits per heavy atom. The second-order valence-electron chi connectivity index (χ2n) is 5.09. The lowest BCUT2D eigenvalue weighted by atomic mass is 10.0. The van der Waals surface area contributed by atoms with Crippen LogP contribution in [0, 0.1) is 17.2 Å². The van der Waals surface area contributed by atoms with Crippen LogP contribution in [0.1, 0.15) is 13.8 Å². The van der Waals surface area contributed by atoms with E-state index in [-0.39, 0.29) is 11.5 Å². The molecular weight excluding hydrogens is 320 g/mol. The van der Waals surface area contributed by atoms with Crippen LogP contribution in [0.4, 0.5) is 11.4 Å². The average Bonchev–Trinajstić information content (AvgIpc) is 2.46. The molecule has 1 aromatic rings. The highest BCUT2D eigenvalue weighted by Gasteiger charge is 2.24. The molecular formula is C15H17ClN4O3. The topological polar surface area (TPSA) is 128 Å². The first-order valence-corrected chi connectivity index (χ1v) is 7.09. The third-order valence-corrected chi connectivity index (χ3v) is 3.26. The third-order valence-electron chi connectivity index (χ3n) is 2.95. The summed E-state index contributed by atoms with van der Waals surface area (Å²) in [6.07, 6.45) is 1.16. The Labute approximate surface area is 138 Å². The van der Waals surface area contributed by atoms with Gasteiger partial charge in [-0.1, -0.05) is 25.4 Å². The van der Waals surface area contributed by atoms with E-state index in [4.69, 9.17) is 27.7 Å². The lowest BCUT2D eigenvalue weighted by molar-refractivity contribution is -0.142. The molecule has 0 heterocycles. The van der Waals surface area contributed by atoms with Gasteiger partial charge in [0.1, 0.15) is 17.7 Å². The van der Waals surface area contributed by atoms with E-state index in [2.05, 4.69) is 10.6 Å². The van der Waals surface area contributed by atoms with Gasteiger partial charge >= 0.3 is 5.97 Å². The molecule has 0 spiro atoms. The van der Waals surface area contributed by atoms with Crippen LogP contribution in [-0.2, 0) is 9.59 Å². The van der Waals surface area contributed by atoms with E-state index in [1.54, 1.807) is 32.0 Å². The third kappa shape index (κ3) is 5.20. The number of amides is 1. The number of nitrogen functional groups attached to an aromatic ring is 1. The zero-order valence-corrected chi connectivity index (χ0v) is 13.4. The van der Waals surface area contributed by atoms with Crippen LogP contribution in [0.25, 0.3) is 0 Å². The van der Waals surface area contributed by atoms with E-state index in [1.807, 2.05) is 0 Å². The number of carbonyl (C=O) groups is 2. The second kappa shape index (κ2) is 8.06. The van der Waals surface area contributed by atoms with Crippen LogP contribution < -0.4 is 16.4 Å². The molecule has 23 heavy (non-hydrogen) atoms. The number of benzene rings is 1. The summed E-state index contributed by atoms with van der Waals surface area (Å²) in [6, 6.07) is 5.34. The van der Waals surface area contributed by atoms with Gasteiger partial charge in [0.05, 0.1) is 10.7 Å². The summed E-state index contributed by atoms with van der Waals surface area (Å²) in [5.74, 6) is -2.27. The average molecular weight is 337 g/mol. The van der Waals surface area contributed by atoms with Crippen LogP contribution in [0.2, 0.25) is 5.02 Å². The van der Waals surface area contributed by atoms with E-state index in [1.165, 1.54) is 6.07 Å². The largest absolute Gasteiger partial charge is 0.480 e. The van der Waals surface area contributed by atoms with Gasteiger partial charge in [0, 0.05) is 11.9 Å². The van der Waals surface area contributed by atoms with Gasteiger partial charge in [-0.15, -0.1) is 0 Å². The summed E-state index contributed by atoms with van der Waals surface area (Å²) >= 11 is 5.97. The van der Waals surface area contributed by atoms with E-state index in [9.17, 15) is 9.59 Å². The number of anilines is 2. The maximum absolute atomic E-state index is 12.0. The molecule has 0 saturated carbocycles. The molecule has 1 unspecified atom stereocenters. The normalized spacial score (nSPS) is 12.4. The van der Waals surface area contributed by atoms with Gasteiger partial charge in [0.25, 0.3) is 5.91 Å². The molecule has 0 aromatic heterocycles. The molecule has 122 valence electrons. The highest BCUT2D eigenvalue weighted by molar-refractivity contribution is 6.33. The van der Waals surface area contributed by atoms with Gasteiger partial charge in [-0.2, -0.15) is 5.26 Å². The van der Waals surface area contributed by atoms with Crippen LogP contribution in [-0.4, -0.2) is 23.0 Å². The number of hydrogen-bond acceptors (Lipinski definition) is 5. The smallest absolute Gasteiger partial charge is 0.326 e. The van der Waals surface area contributed by atoms with Crippen molar-refractivity contribution in [3.8, 4) is 6.07 Å². The van der Waals surface area contributed by atoms with Crippen LogP contribution >= 0.6 is 11.6 Å². The number of rotatable bonds is 6. The Balaban J connectivity index is 2.88. The second-order valence-corrected chi connectivity index (χ2v) is 5.49. The Bertz CT molecular complexity index is 680. The van der Waals surface area contributed by atoms with Crippen molar-refractivity contribution in [1.82, 2.24) is 5.32 Å². The fourth-order valence-electron chi connectivity index (χ4n) is 1.68. The number of halogens is 1. The lowest BCUT2D eigenvalue weighted by Crippen LogP contribution is -2.44. The number of nitrogens with one attached hydrogen (secondary N) is 2. The number of carboxylic acids is 1. The number of carbonyl (C=O) groups excluding carboxylic acids is 1. The zero-order chi connectivity index (χ0) is 17.6. The molecule has 0 saturated heterocycles. The van der Waals surface area contributed by atoms with Gasteiger partial charge in [-0.3, -0.25) is 4.79 Å². The molecule has 1 amide bonds. The first kappa shape index (κ1) is 18.3. The summed E-state index contributed by atoms with van der Waals surface area (Å²) in [7, 11) is 0. The standard InChI is InChI=1S/C15H17ClN4O3/c1-8(2)13(15(22)23)20-14(21)9(6-17)7-19-12-4-3-10(18)5-11(12)16/h3-5,7-8,13,19H,18H2,1-2H3,(H,20,21)(H,22,23)/b9-7-. The van der Waals surface area contributed by atoms with Crippen molar-refractivity contribution >= 4 is 34.9 Å². The molecule has 1 rings (SSSR count). The van der Waals surface area contributed by atoms with E-state index < -0.39 is 17.9 Å². The van der Waals surface area contributed by atoms with E-state index in [0.29, 0.717) is 16.4 Å². The molecule has 5 N–H and O–H groups in total. The number of aliphatic carboxylic acids is 1. The molecule has 0 bridgehead atoms. The number of nitriles is 1. The summed E-state index contributed by atoms with van der Waals surface area (Å²) in [4.78, 5) is 23.1. The van der Waals surface area contributed by atoms with Crippen molar-refractivity contribution in [3.63, 3.8) is 0 Å². The Morgan fingerprint density at radius 2 is 2.09 bits per heavy atom. The molecule has 0 fully saturated rings. The van der Waals surface area contributed by atoms with Crippen molar-refractivity contribution < 1.29 is 14.7 Å². The predicted molar refractivity (Wildman–Crippen MR) is 87.6 cm³/mol. The number of nitrogens with zero attached hydrogens (tertiary/aromatic N) is 1. The zero-order valence-electron chi connectivity index (χ0n) is 12.6. The van der Waals surface area contributed by atoms with Crippen LogP contribution in [0.15, 0.2) is 30.0 Å². The fourth-order valence-corrected chi connectivity index (χ4v) is 1.92. The van der Waals surface area contributed by atoms with Crippen molar-refractivity contribution in [2.75, 3.05) is 11.1 Å². The van der Waals surface area contributed by atoms with Crippen molar-refractivity contribution in [2.45, 2.75) is 19.9 Å². The molecule has 1 aromatic carbocycles. The number of nitrogens with two attached hydrogens (primary N) is 1. The lowest BCUT2D eigenvalue weighted by Gasteiger charge is -2.17. The van der Waals surface area contributed by atoms with Gasteiger partial charge < -0.3 is 21.5 Å². The Morgan fingerprint density at radius 1 is 1.43 bits per heavy atom. The Hall–Kier alpha value is -2.72. The summed E-state index contributed by atoms with van der Waals surface area (Å²) in [6.45, 7) is 3.31. The highest BCUT2D eigenvalue weighted by atomic mass is 35.5. The maximum Gasteiger partial charge on any atom is 0.326 e. The summed E-state index contributed by atoms with van der Waals surface area (Å²) in [5.41, 5.74) is 6.23. The maximum atomic E-state index is 12.0. The van der Waals surface area contributed by atoms with Crippen LogP contribution in [0.5, 0.6) is 0 Å². The van der Waals surface area contributed by atoms with Gasteiger partial charge in [-0.25, -0.2) is 4.79 Å². The van der Waals surface area contributed by atoms with Gasteiger partial charge in [0.15, 0.2) is 0 Å². The predicted octanol–water partition coefficient (Wildman–Crippen LogP) is 1.97. The molecule has 0 aliphatic heterocycles. The number of carboxylic acid groups (broad SMARTS) is 1. The SMILES string of the molecule is CC(C)C(NC(=O)/C(C#N)=C\Nc1ccc(N)cc1Cl)C(=O)O. The fraction of sp³-hybridized carbons (Fsp3) is 0.267. The van der Waals surface area contributed by atoms with Gasteiger partial charge in [-0.05, 0) is 24.1 Å². The van der Waals surface area contributed by atoms with Gasteiger partial charge in [0.2, 0.25) is 0 Å². The molecule has 7 nitrogen and oxygen atoms in total. The highest BCUT2D eigenvalue weighted by Crippen LogP contribution is 2.24. The van der Waals surface area contributed by atoms with E-state index >= 15 is 0 Å². The summed E-state index contributed by atoms with van der Waals surface area (Å²) in [5, 5.41) is 23.5. The molecule has 8 heteroatoms. The molecule has 0 aliphatic rings. The minimum atomic E-state index is -1.17. The quantitative estimate of drug-likeness (QED) is 0.357. The molecule has 0 aliphatic carbocycles. The minimum Gasteiger partial charge on any atom is -0.480 e. The van der Waals surface area contributed by atoms with E-state index in [0.717, 1.165) is 6.20 Å². The molecule has 1 atom stereocenters. The van der Waals surface area contributed by atoms with Crippen LogP contribution in [0.3, 0.4) is 0 Å².